The van der Waals surface area contributed by atoms with Crippen LogP contribution in [-0.2, 0) is 15.1 Å². The summed E-state index contributed by atoms with van der Waals surface area (Å²) in [6.07, 6.45) is 1.37. The molecule has 2 aromatic carbocycles. The summed E-state index contributed by atoms with van der Waals surface area (Å²) in [5.41, 5.74) is 6.15. The maximum Gasteiger partial charge on any atom is 0.258 e. The standard InChI is InChI=1S/C20H21BrN2O4/c21-16-5-2-4-15(12-16)20(7-9-26-10-8-20)23-18(24)13-27-17-6-1-3-14(11-17)19(22)25/h1-6,11-12H,7-10,13H2,(H2,22,25)(H,23,24). The van der Waals surface area contributed by atoms with Gasteiger partial charge in [-0.3, -0.25) is 9.59 Å². The Morgan fingerprint density at radius 3 is 2.59 bits per heavy atom. The SMILES string of the molecule is NC(=O)c1cccc(OCC(=O)NC2(c3cccc(Br)c3)CCOCC2)c1. The van der Waals surface area contributed by atoms with E-state index in [9.17, 15) is 9.59 Å². The van der Waals surface area contributed by atoms with Crippen LogP contribution in [0.2, 0.25) is 0 Å². The van der Waals surface area contributed by atoms with Gasteiger partial charge in [0, 0.05) is 23.2 Å². The molecule has 1 heterocycles. The molecule has 0 aromatic heterocycles. The van der Waals surface area contributed by atoms with Crippen molar-refractivity contribution in [2.24, 2.45) is 5.73 Å². The van der Waals surface area contributed by atoms with E-state index in [2.05, 4.69) is 21.2 Å². The summed E-state index contributed by atoms with van der Waals surface area (Å²) in [4.78, 5) is 23.8. The molecular weight excluding hydrogens is 412 g/mol. The van der Waals surface area contributed by atoms with Gasteiger partial charge in [-0.2, -0.15) is 0 Å². The van der Waals surface area contributed by atoms with E-state index in [0.717, 1.165) is 10.0 Å². The zero-order valence-corrected chi connectivity index (χ0v) is 16.3. The second-order valence-electron chi connectivity index (χ2n) is 6.43. The second-order valence-corrected chi connectivity index (χ2v) is 7.35. The summed E-state index contributed by atoms with van der Waals surface area (Å²) >= 11 is 3.49. The van der Waals surface area contributed by atoms with Crippen molar-refractivity contribution in [3.8, 4) is 5.75 Å². The van der Waals surface area contributed by atoms with Crippen LogP contribution in [0.25, 0.3) is 0 Å². The zero-order chi connectivity index (χ0) is 19.3. The molecular formula is C20H21BrN2O4. The predicted molar refractivity (Wildman–Crippen MR) is 104 cm³/mol. The van der Waals surface area contributed by atoms with Crippen molar-refractivity contribution >= 4 is 27.7 Å². The molecule has 27 heavy (non-hydrogen) atoms. The minimum atomic E-state index is -0.541. The number of nitrogens with two attached hydrogens (primary N) is 1. The molecule has 0 radical (unpaired) electrons. The van der Waals surface area contributed by atoms with E-state index < -0.39 is 11.4 Å². The molecule has 1 aliphatic heterocycles. The Bertz CT molecular complexity index is 834. The Balaban J connectivity index is 1.70. The lowest BCUT2D eigenvalue weighted by Crippen LogP contribution is -2.50. The van der Waals surface area contributed by atoms with Crippen LogP contribution in [0.4, 0.5) is 0 Å². The predicted octanol–water partition coefficient (Wildman–Crippen LogP) is 2.75. The number of primary amides is 1. The van der Waals surface area contributed by atoms with E-state index in [1.54, 1.807) is 18.2 Å². The fourth-order valence-electron chi connectivity index (χ4n) is 3.18. The summed E-state index contributed by atoms with van der Waals surface area (Å²) in [6, 6.07) is 14.4. The van der Waals surface area contributed by atoms with Gasteiger partial charge in [0.1, 0.15) is 5.75 Å². The highest BCUT2D eigenvalue weighted by Gasteiger charge is 2.36. The Hall–Kier alpha value is -2.38. The molecule has 0 spiro atoms. The maximum absolute atomic E-state index is 12.6. The van der Waals surface area contributed by atoms with E-state index in [0.29, 0.717) is 37.4 Å². The molecule has 2 amide bonds. The largest absolute Gasteiger partial charge is 0.484 e. The lowest BCUT2D eigenvalue weighted by Gasteiger charge is -2.38. The number of hydrogen-bond donors (Lipinski definition) is 2. The first-order chi connectivity index (χ1) is 13.0. The van der Waals surface area contributed by atoms with Gasteiger partial charge >= 0.3 is 0 Å². The number of carbonyl (C=O) groups excluding carboxylic acids is 2. The number of hydrogen-bond acceptors (Lipinski definition) is 4. The van der Waals surface area contributed by atoms with Gasteiger partial charge in [-0.15, -0.1) is 0 Å². The molecule has 0 bridgehead atoms. The molecule has 1 fully saturated rings. The number of ether oxygens (including phenoxy) is 2. The van der Waals surface area contributed by atoms with Gasteiger partial charge in [-0.05, 0) is 48.7 Å². The molecule has 0 aliphatic carbocycles. The van der Waals surface area contributed by atoms with Crippen molar-refractivity contribution in [2.75, 3.05) is 19.8 Å². The molecule has 0 atom stereocenters. The van der Waals surface area contributed by atoms with Crippen LogP contribution in [0.15, 0.2) is 53.0 Å². The molecule has 3 rings (SSSR count). The summed E-state index contributed by atoms with van der Waals surface area (Å²) in [7, 11) is 0. The minimum absolute atomic E-state index is 0.154. The Morgan fingerprint density at radius 1 is 1.15 bits per heavy atom. The van der Waals surface area contributed by atoms with Crippen LogP contribution in [0.3, 0.4) is 0 Å². The fourth-order valence-corrected chi connectivity index (χ4v) is 3.58. The van der Waals surface area contributed by atoms with Crippen LogP contribution < -0.4 is 15.8 Å². The molecule has 7 heteroatoms. The quantitative estimate of drug-likeness (QED) is 0.733. The van der Waals surface area contributed by atoms with Crippen molar-refractivity contribution < 1.29 is 19.1 Å². The summed E-state index contributed by atoms with van der Waals surface area (Å²) in [5, 5.41) is 3.13. The molecule has 3 N–H and O–H groups in total. The van der Waals surface area contributed by atoms with Crippen molar-refractivity contribution in [2.45, 2.75) is 18.4 Å². The Morgan fingerprint density at radius 2 is 1.89 bits per heavy atom. The number of halogens is 1. The Kier molecular flexibility index (Phi) is 6.13. The van der Waals surface area contributed by atoms with Gasteiger partial charge in [0.25, 0.3) is 5.91 Å². The van der Waals surface area contributed by atoms with Gasteiger partial charge in [0.05, 0.1) is 5.54 Å². The number of nitrogens with one attached hydrogen (secondary N) is 1. The topological polar surface area (TPSA) is 90.7 Å². The third-order valence-corrected chi connectivity index (χ3v) is 5.08. The van der Waals surface area contributed by atoms with Crippen LogP contribution >= 0.6 is 15.9 Å². The van der Waals surface area contributed by atoms with Gasteiger partial charge < -0.3 is 20.5 Å². The van der Waals surface area contributed by atoms with Crippen molar-refractivity contribution in [1.82, 2.24) is 5.32 Å². The third-order valence-electron chi connectivity index (χ3n) is 4.59. The van der Waals surface area contributed by atoms with E-state index in [4.69, 9.17) is 15.2 Å². The molecule has 0 saturated carbocycles. The van der Waals surface area contributed by atoms with E-state index in [1.807, 2.05) is 24.3 Å². The van der Waals surface area contributed by atoms with Crippen LogP contribution in [-0.4, -0.2) is 31.6 Å². The summed E-state index contributed by atoms with van der Waals surface area (Å²) < 4.78 is 12.0. The number of benzene rings is 2. The number of amides is 2. The molecule has 2 aromatic rings. The second kappa shape index (κ2) is 8.54. The molecule has 6 nitrogen and oxygen atoms in total. The summed E-state index contributed by atoms with van der Waals surface area (Å²) in [6.45, 7) is 1.00. The van der Waals surface area contributed by atoms with Gasteiger partial charge in [0.15, 0.2) is 6.61 Å². The molecule has 1 aliphatic rings. The third kappa shape index (κ3) is 4.87. The van der Waals surface area contributed by atoms with Gasteiger partial charge in [-0.25, -0.2) is 0 Å². The van der Waals surface area contributed by atoms with E-state index in [1.165, 1.54) is 6.07 Å². The van der Waals surface area contributed by atoms with E-state index >= 15 is 0 Å². The van der Waals surface area contributed by atoms with Crippen LogP contribution in [0.5, 0.6) is 5.75 Å². The van der Waals surface area contributed by atoms with Crippen molar-refractivity contribution in [1.29, 1.82) is 0 Å². The van der Waals surface area contributed by atoms with Crippen molar-refractivity contribution in [3.63, 3.8) is 0 Å². The maximum atomic E-state index is 12.6. The van der Waals surface area contributed by atoms with Gasteiger partial charge in [0.2, 0.25) is 5.91 Å². The zero-order valence-electron chi connectivity index (χ0n) is 14.7. The van der Waals surface area contributed by atoms with Crippen LogP contribution in [0.1, 0.15) is 28.8 Å². The van der Waals surface area contributed by atoms with Gasteiger partial charge in [-0.1, -0.05) is 34.1 Å². The molecule has 142 valence electrons. The monoisotopic (exact) mass is 432 g/mol. The average Bonchev–Trinajstić information content (AvgIpc) is 2.67. The number of carbonyl (C=O) groups is 2. The fraction of sp³-hybridized carbons (Fsp3) is 0.300. The highest BCUT2D eigenvalue weighted by Crippen LogP contribution is 2.33. The normalized spacial score (nSPS) is 15.7. The molecule has 1 saturated heterocycles. The summed E-state index contributed by atoms with van der Waals surface area (Å²) in [5.74, 6) is -0.355. The van der Waals surface area contributed by atoms with Crippen molar-refractivity contribution in [3.05, 3.63) is 64.1 Å². The first kappa shape index (κ1) is 19.4. The number of rotatable bonds is 6. The minimum Gasteiger partial charge on any atom is -0.484 e. The average molecular weight is 433 g/mol. The van der Waals surface area contributed by atoms with E-state index in [-0.39, 0.29) is 12.5 Å². The molecule has 0 unspecified atom stereocenters. The smallest absolute Gasteiger partial charge is 0.258 e. The lowest BCUT2D eigenvalue weighted by atomic mass is 9.82. The first-order valence-corrected chi connectivity index (χ1v) is 9.45. The highest BCUT2D eigenvalue weighted by molar-refractivity contribution is 9.10. The first-order valence-electron chi connectivity index (χ1n) is 8.66. The highest BCUT2D eigenvalue weighted by atomic mass is 79.9. The van der Waals surface area contributed by atoms with Crippen LogP contribution in [0, 0.1) is 0 Å². The lowest BCUT2D eigenvalue weighted by molar-refractivity contribution is -0.126. The Labute approximate surface area is 166 Å².